The lowest BCUT2D eigenvalue weighted by Crippen LogP contribution is -2.48. The summed E-state index contributed by atoms with van der Waals surface area (Å²) in [4.78, 5) is 13.8. The minimum atomic E-state index is -0.756. The molecule has 0 aliphatic heterocycles. The smallest absolute Gasteiger partial charge is 0.306 e. The molecule has 1 fully saturated rings. The minimum Gasteiger partial charge on any atom is -0.494 e. The van der Waals surface area contributed by atoms with E-state index in [4.69, 9.17) is 32.7 Å². The first kappa shape index (κ1) is 28.0. The number of benzene rings is 2. The van der Waals surface area contributed by atoms with Gasteiger partial charge in [0, 0.05) is 30.8 Å². The molecule has 10 heteroatoms. The maximum absolute atomic E-state index is 11.5. The van der Waals surface area contributed by atoms with E-state index in [0.29, 0.717) is 40.9 Å². The number of aliphatic carboxylic acids is 1. The lowest BCUT2D eigenvalue weighted by atomic mass is 9.78. The van der Waals surface area contributed by atoms with Crippen molar-refractivity contribution in [1.82, 2.24) is 9.47 Å². The standard InChI is InChI=1S/C28H32Cl2N2O6/c1-3-23(18-5-6-21(29)22(30)15-18)32(20-13-19(14-20)28(35)36)16-17-4-7-24(25(12-17)37-2)38-11-10-31-26(33)8-9-27(31)34/h4-9,12,15,19-20,23,33-34H,3,10-11,13-14,16H2,1-2H3,(H,35,36). The molecule has 4 rings (SSSR count). The molecule has 1 atom stereocenters. The summed E-state index contributed by atoms with van der Waals surface area (Å²) >= 11 is 12.5. The summed E-state index contributed by atoms with van der Waals surface area (Å²) < 4.78 is 12.8. The van der Waals surface area contributed by atoms with Crippen LogP contribution in [-0.2, 0) is 17.9 Å². The summed E-state index contributed by atoms with van der Waals surface area (Å²) in [5.74, 6) is -0.0703. The van der Waals surface area contributed by atoms with Crippen molar-refractivity contribution in [2.45, 2.75) is 51.4 Å². The van der Waals surface area contributed by atoms with Crippen molar-refractivity contribution in [3.63, 3.8) is 0 Å². The Morgan fingerprint density at radius 2 is 1.76 bits per heavy atom. The van der Waals surface area contributed by atoms with Gasteiger partial charge in [0.2, 0.25) is 0 Å². The molecular formula is C28H32Cl2N2O6. The van der Waals surface area contributed by atoms with Gasteiger partial charge in [0.05, 0.1) is 29.6 Å². The molecule has 1 heterocycles. The summed E-state index contributed by atoms with van der Waals surface area (Å²) in [5, 5.41) is 30.1. The highest BCUT2D eigenvalue weighted by atomic mass is 35.5. The molecule has 2 aromatic carbocycles. The van der Waals surface area contributed by atoms with Gasteiger partial charge >= 0.3 is 5.97 Å². The number of carboxylic acids is 1. The number of carbonyl (C=O) groups is 1. The van der Waals surface area contributed by atoms with Crippen LogP contribution in [0.5, 0.6) is 23.3 Å². The van der Waals surface area contributed by atoms with Crippen LogP contribution in [0.2, 0.25) is 10.0 Å². The molecule has 3 aromatic rings. The Hall–Kier alpha value is -3.07. The van der Waals surface area contributed by atoms with Crippen LogP contribution in [0.3, 0.4) is 0 Å². The van der Waals surface area contributed by atoms with Crippen LogP contribution in [-0.4, -0.2) is 50.5 Å². The summed E-state index contributed by atoms with van der Waals surface area (Å²) in [7, 11) is 1.57. The Balaban J connectivity index is 1.53. The van der Waals surface area contributed by atoms with Crippen LogP contribution >= 0.6 is 23.2 Å². The molecule has 1 aromatic heterocycles. The van der Waals surface area contributed by atoms with Crippen LogP contribution in [0.1, 0.15) is 43.4 Å². The monoisotopic (exact) mass is 562 g/mol. The molecule has 1 unspecified atom stereocenters. The maximum Gasteiger partial charge on any atom is 0.306 e. The van der Waals surface area contributed by atoms with Gasteiger partial charge in [0.25, 0.3) is 0 Å². The van der Waals surface area contributed by atoms with E-state index in [1.54, 1.807) is 13.2 Å². The Kier molecular flexibility index (Phi) is 8.97. The molecule has 3 N–H and O–H groups in total. The topological polar surface area (TPSA) is 104 Å². The van der Waals surface area contributed by atoms with Crippen LogP contribution in [0.25, 0.3) is 0 Å². The lowest BCUT2D eigenvalue weighted by Gasteiger charge is -2.45. The highest BCUT2D eigenvalue weighted by molar-refractivity contribution is 6.42. The van der Waals surface area contributed by atoms with Crippen molar-refractivity contribution in [3.05, 3.63) is 69.7 Å². The predicted octanol–water partition coefficient (Wildman–Crippen LogP) is 6.11. The predicted molar refractivity (Wildman–Crippen MR) is 145 cm³/mol. The molecule has 1 aliphatic rings. The summed E-state index contributed by atoms with van der Waals surface area (Å²) in [6.45, 7) is 3.16. The van der Waals surface area contributed by atoms with E-state index in [-0.39, 0.29) is 42.9 Å². The fourth-order valence-electron chi connectivity index (χ4n) is 5.00. The Labute approximate surface area is 231 Å². The van der Waals surface area contributed by atoms with Crippen LogP contribution in [0, 0.1) is 5.92 Å². The van der Waals surface area contributed by atoms with Crippen LogP contribution in [0.4, 0.5) is 0 Å². The molecule has 1 saturated carbocycles. The summed E-state index contributed by atoms with van der Waals surface area (Å²) in [6, 6.07) is 14.3. The molecular weight excluding hydrogens is 531 g/mol. The van der Waals surface area contributed by atoms with Crippen molar-refractivity contribution >= 4 is 29.2 Å². The van der Waals surface area contributed by atoms with Crippen molar-refractivity contribution in [2.75, 3.05) is 13.7 Å². The molecule has 38 heavy (non-hydrogen) atoms. The van der Waals surface area contributed by atoms with Gasteiger partial charge in [-0.1, -0.05) is 42.3 Å². The van der Waals surface area contributed by atoms with E-state index in [1.807, 2.05) is 30.3 Å². The van der Waals surface area contributed by atoms with E-state index < -0.39 is 5.97 Å². The van der Waals surface area contributed by atoms with Gasteiger partial charge in [-0.05, 0) is 54.7 Å². The van der Waals surface area contributed by atoms with Gasteiger partial charge in [-0.25, -0.2) is 0 Å². The second-order valence-corrected chi connectivity index (χ2v) is 10.3. The fourth-order valence-corrected chi connectivity index (χ4v) is 5.30. The number of methoxy groups -OCH3 is 1. The number of hydrogen-bond donors (Lipinski definition) is 3. The number of aromatic hydroxyl groups is 2. The Morgan fingerprint density at radius 3 is 2.37 bits per heavy atom. The van der Waals surface area contributed by atoms with E-state index in [9.17, 15) is 20.1 Å². The molecule has 0 saturated heterocycles. The van der Waals surface area contributed by atoms with Crippen molar-refractivity contribution in [2.24, 2.45) is 5.92 Å². The first-order valence-electron chi connectivity index (χ1n) is 12.5. The number of aromatic nitrogens is 1. The maximum atomic E-state index is 11.5. The third-order valence-corrected chi connectivity index (χ3v) is 7.89. The molecule has 0 radical (unpaired) electrons. The molecule has 0 amide bonds. The summed E-state index contributed by atoms with van der Waals surface area (Å²) in [5.41, 5.74) is 2.02. The number of hydrogen-bond acceptors (Lipinski definition) is 6. The molecule has 1 aliphatic carbocycles. The van der Waals surface area contributed by atoms with Crippen LogP contribution < -0.4 is 9.47 Å². The minimum absolute atomic E-state index is 0.0216. The zero-order valence-corrected chi connectivity index (χ0v) is 22.8. The number of ether oxygens (including phenoxy) is 2. The molecule has 8 nitrogen and oxygen atoms in total. The van der Waals surface area contributed by atoms with Gasteiger partial charge in [-0.3, -0.25) is 14.3 Å². The zero-order chi connectivity index (χ0) is 27.4. The Morgan fingerprint density at radius 1 is 1.05 bits per heavy atom. The largest absolute Gasteiger partial charge is 0.494 e. The van der Waals surface area contributed by atoms with E-state index in [1.165, 1.54) is 16.7 Å². The summed E-state index contributed by atoms with van der Waals surface area (Å²) in [6.07, 6.45) is 1.98. The highest BCUT2D eigenvalue weighted by Crippen LogP contribution is 2.41. The second kappa shape index (κ2) is 12.2. The first-order valence-corrected chi connectivity index (χ1v) is 13.3. The zero-order valence-electron chi connectivity index (χ0n) is 21.3. The average Bonchev–Trinajstić information content (AvgIpc) is 3.18. The second-order valence-electron chi connectivity index (χ2n) is 9.47. The number of nitrogens with zero attached hydrogens (tertiary/aromatic N) is 2. The highest BCUT2D eigenvalue weighted by Gasteiger charge is 2.40. The third-order valence-electron chi connectivity index (χ3n) is 7.15. The van der Waals surface area contributed by atoms with Gasteiger partial charge in [-0.15, -0.1) is 0 Å². The quantitative estimate of drug-likeness (QED) is 0.244. The Bertz CT molecular complexity index is 1250. The molecule has 204 valence electrons. The number of halogens is 2. The van der Waals surface area contributed by atoms with Gasteiger partial charge in [-0.2, -0.15) is 0 Å². The SMILES string of the molecule is CCC(c1ccc(Cl)c(Cl)c1)N(Cc1ccc(OCCn2c(O)ccc2O)c(OC)c1)C1CC(C(=O)O)C1. The van der Waals surface area contributed by atoms with Crippen molar-refractivity contribution in [1.29, 1.82) is 0 Å². The van der Waals surface area contributed by atoms with Gasteiger partial charge < -0.3 is 24.8 Å². The normalized spacial score (nSPS) is 17.7. The fraction of sp³-hybridized carbons (Fsp3) is 0.393. The lowest BCUT2D eigenvalue weighted by molar-refractivity contribution is -0.147. The van der Waals surface area contributed by atoms with E-state index in [0.717, 1.165) is 17.5 Å². The van der Waals surface area contributed by atoms with E-state index >= 15 is 0 Å². The van der Waals surface area contributed by atoms with Gasteiger partial charge in [0.1, 0.15) is 6.61 Å². The van der Waals surface area contributed by atoms with Gasteiger partial charge in [0.15, 0.2) is 23.3 Å². The molecule has 0 spiro atoms. The average molecular weight is 563 g/mol. The number of carboxylic acid groups (broad SMARTS) is 1. The first-order chi connectivity index (χ1) is 18.2. The van der Waals surface area contributed by atoms with Crippen LogP contribution in [0.15, 0.2) is 48.5 Å². The van der Waals surface area contributed by atoms with Crippen molar-refractivity contribution in [3.8, 4) is 23.3 Å². The molecule has 0 bridgehead atoms. The number of rotatable bonds is 12. The van der Waals surface area contributed by atoms with Crippen molar-refractivity contribution < 1.29 is 29.6 Å². The van der Waals surface area contributed by atoms with E-state index in [2.05, 4.69) is 11.8 Å². The third kappa shape index (κ3) is 6.14.